The zero-order valence-corrected chi connectivity index (χ0v) is 12.5. The summed E-state index contributed by atoms with van der Waals surface area (Å²) in [5.41, 5.74) is 2.75. The molecule has 1 atom stereocenters. The number of nitriles is 1. The summed E-state index contributed by atoms with van der Waals surface area (Å²) in [5, 5.41) is 16.5. The SMILES string of the molecule is CCn1cc(C(C)Nc2ccc(C#N)cc2Br)cn1. The summed E-state index contributed by atoms with van der Waals surface area (Å²) in [6.07, 6.45) is 3.91. The van der Waals surface area contributed by atoms with Crippen molar-refractivity contribution in [2.75, 3.05) is 5.32 Å². The molecule has 0 amide bonds. The predicted octanol–water partition coefficient (Wildman–Crippen LogP) is 3.71. The zero-order valence-electron chi connectivity index (χ0n) is 10.9. The summed E-state index contributed by atoms with van der Waals surface area (Å²) in [7, 11) is 0. The van der Waals surface area contributed by atoms with Crippen LogP contribution in [0.15, 0.2) is 35.1 Å². The molecule has 2 aromatic rings. The van der Waals surface area contributed by atoms with Crippen LogP contribution in [0.1, 0.15) is 31.0 Å². The molecule has 0 saturated carbocycles. The summed E-state index contributed by atoms with van der Waals surface area (Å²) in [5.74, 6) is 0. The Morgan fingerprint density at radius 2 is 2.32 bits per heavy atom. The van der Waals surface area contributed by atoms with Crippen molar-refractivity contribution in [3.05, 3.63) is 46.2 Å². The van der Waals surface area contributed by atoms with E-state index in [0.717, 1.165) is 22.3 Å². The molecule has 1 unspecified atom stereocenters. The molecule has 0 aliphatic carbocycles. The number of nitrogens with one attached hydrogen (secondary N) is 1. The molecule has 1 heterocycles. The molecular formula is C14H15BrN4. The summed E-state index contributed by atoms with van der Waals surface area (Å²) in [4.78, 5) is 0. The number of anilines is 1. The monoisotopic (exact) mass is 318 g/mol. The van der Waals surface area contributed by atoms with Gasteiger partial charge in [-0.2, -0.15) is 10.4 Å². The van der Waals surface area contributed by atoms with Crippen LogP contribution < -0.4 is 5.32 Å². The van der Waals surface area contributed by atoms with E-state index in [2.05, 4.69) is 46.3 Å². The van der Waals surface area contributed by atoms with E-state index < -0.39 is 0 Å². The first-order chi connectivity index (χ1) is 9.13. The van der Waals surface area contributed by atoms with E-state index in [1.54, 1.807) is 6.07 Å². The second-order valence-corrected chi connectivity index (χ2v) is 5.16. The number of aryl methyl sites for hydroxylation is 1. The third kappa shape index (κ3) is 3.15. The topological polar surface area (TPSA) is 53.6 Å². The Balaban J connectivity index is 2.14. The fourth-order valence-electron chi connectivity index (χ4n) is 1.79. The molecule has 4 nitrogen and oxygen atoms in total. The number of nitrogens with zero attached hydrogens (tertiary/aromatic N) is 3. The lowest BCUT2D eigenvalue weighted by molar-refractivity contribution is 0.658. The zero-order chi connectivity index (χ0) is 13.8. The minimum atomic E-state index is 0.157. The average Bonchev–Trinajstić information content (AvgIpc) is 2.90. The van der Waals surface area contributed by atoms with Crippen LogP contribution in [0.25, 0.3) is 0 Å². The van der Waals surface area contributed by atoms with Gasteiger partial charge in [0.15, 0.2) is 0 Å². The first kappa shape index (κ1) is 13.6. The van der Waals surface area contributed by atoms with Crippen molar-refractivity contribution in [3.8, 4) is 6.07 Å². The van der Waals surface area contributed by atoms with E-state index in [9.17, 15) is 0 Å². The molecule has 2 rings (SSSR count). The Kier molecular flexibility index (Phi) is 4.23. The Morgan fingerprint density at radius 3 is 2.89 bits per heavy atom. The minimum Gasteiger partial charge on any atom is -0.377 e. The van der Waals surface area contributed by atoms with Gasteiger partial charge in [-0.3, -0.25) is 4.68 Å². The van der Waals surface area contributed by atoms with Crippen molar-refractivity contribution in [2.24, 2.45) is 0 Å². The third-order valence-electron chi connectivity index (χ3n) is 2.95. The largest absolute Gasteiger partial charge is 0.377 e. The summed E-state index contributed by atoms with van der Waals surface area (Å²) >= 11 is 3.47. The van der Waals surface area contributed by atoms with Crippen LogP contribution in [0, 0.1) is 11.3 Å². The number of aromatic nitrogens is 2. The highest BCUT2D eigenvalue weighted by atomic mass is 79.9. The molecule has 0 aliphatic heterocycles. The molecule has 0 fully saturated rings. The third-order valence-corrected chi connectivity index (χ3v) is 3.60. The normalized spacial score (nSPS) is 11.9. The van der Waals surface area contributed by atoms with Gasteiger partial charge in [-0.15, -0.1) is 0 Å². The quantitative estimate of drug-likeness (QED) is 0.934. The molecule has 0 saturated heterocycles. The van der Waals surface area contributed by atoms with Gasteiger partial charge in [-0.05, 0) is 48.0 Å². The maximum atomic E-state index is 8.84. The highest BCUT2D eigenvalue weighted by Crippen LogP contribution is 2.27. The van der Waals surface area contributed by atoms with Crippen LogP contribution >= 0.6 is 15.9 Å². The van der Waals surface area contributed by atoms with E-state index in [1.807, 2.05) is 29.2 Å². The number of hydrogen-bond acceptors (Lipinski definition) is 3. The van der Waals surface area contributed by atoms with Crippen molar-refractivity contribution in [1.29, 1.82) is 5.26 Å². The molecule has 19 heavy (non-hydrogen) atoms. The molecule has 0 aliphatic rings. The number of benzene rings is 1. The van der Waals surface area contributed by atoms with Crippen LogP contribution in [0.4, 0.5) is 5.69 Å². The molecular weight excluding hydrogens is 304 g/mol. The van der Waals surface area contributed by atoms with Crippen molar-refractivity contribution in [1.82, 2.24) is 9.78 Å². The van der Waals surface area contributed by atoms with Gasteiger partial charge in [0.25, 0.3) is 0 Å². The van der Waals surface area contributed by atoms with E-state index in [-0.39, 0.29) is 6.04 Å². The van der Waals surface area contributed by atoms with Crippen molar-refractivity contribution in [3.63, 3.8) is 0 Å². The molecule has 0 spiro atoms. The Bertz CT molecular complexity index is 612. The van der Waals surface area contributed by atoms with Gasteiger partial charge in [-0.25, -0.2) is 0 Å². The van der Waals surface area contributed by atoms with E-state index in [0.29, 0.717) is 5.56 Å². The van der Waals surface area contributed by atoms with Crippen molar-refractivity contribution < 1.29 is 0 Å². The average molecular weight is 319 g/mol. The van der Waals surface area contributed by atoms with Crippen LogP contribution in [-0.4, -0.2) is 9.78 Å². The van der Waals surface area contributed by atoms with E-state index in [1.165, 1.54) is 0 Å². The lowest BCUT2D eigenvalue weighted by atomic mass is 10.1. The fraction of sp³-hybridized carbons (Fsp3) is 0.286. The Morgan fingerprint density at radius 1 is 1.53 bits per heavy atom. The molecule has 0 bridgehead atoms. The van der Waals surface area contributed by atoms with Crippen molar-refractivity contribution in [2.45, 2.75) is 26.4 Å². The second kappa shape index (κ2) is 5.89. The first-order valence-corrected chi connectivity index (χ1v) is 6.92. The predicted molar refractivity (Wildman–Crippen MR) is 78.8 cm³/mol. The smallest absolute Gasteiger partial charge is 0.0992 e. The number of rotatable bonds is 4. The maximum absolute atomic E-state index is 8.84. The Labute approximate surface area is 121 Å². The molecule has 5 heteroatoms. The van der Waals surface area contributed by atoms with Crippen LogP contribution in [-0.2, 0) is 6.54 Å². The molecule has 0 radical (unpaired) electrons. The van der Waals surface area contributed by atoms with Gasteiger partial charge < -0.3 is 5.32 Å². The number of halogens is 1. The minimum absolute atomic E-state index is 0.157. The van der Waals surface area contributed by atoms with Gasteiger partial charge in [-0.1, -0.05) is 0 Å². The summed E-state index contributed by atoms with van der Waals surface area (Å²) in [6, 6.07) is 7.79. The second-order valence-electron chi connectivity index (χ2n) is 4.30. The van der Waals surface area contributed by atoms with Crippen LogP contribution in [0.2, 0.25) is 0 Å². The van der Waals surface area contributed by atoms with E-state index >= 15 is 0 Å². The van der Waals surface area contributed by atoms with Gasteiger partial charge in [0.1, 0.15) is 0 Å². The van der Waals surface area contributed by atoms with Crippen LogP contribution in [0.3, 0.4) is 0 Å². The first-order valence-electron chi connectivity index (χ1n) is 6.12. The summed E-state index contributed by atoms with van der Waals surface area (Å²) in [6.45, 7) is 5.01. The molecule has 1 N–H and O–H groups in total. The number of hydrogen-bond donors (Lipinski definition) is 1. The van der Waals surface area contributed by atoms with Crippen LogP contribution in [0.5, 0.6) is 0 Å². The fourth-order valence-corrected chi connectivity index (χ4v) is 2.29. The Hall–Kier alpha value is -1.80. The van der Waals surface area contributed by atoms with Gasteiger partial charge in [0.05, 0.1) is 23.9 Å². The molecule has 98 valence electrons. The standard InChI is InChI=1S/C14H15BrN4/c1-3-19-9-12(8-17-19)10(2)18-14-5-4-11(7-16)6-13(14)15/h4-6,8-10,18H,3H2,1-2H3. The summed E-state index contributed by atoms with van der Waals surface area (Å²) < 4.78 is 2.79. The maximum Gasteiger partial charge on any atom is 0.0992 e. The molecule has 1 aromatic heterocycles. The van der Waals surface area contributed by atoms with Gasteiger partial charge in [0.2, 0.25) is 0 Å². The molecule has 1 aromatic carbocycles. The lowest BCUT2D eigenvalue weighted by Gasteiger charge is -2.15. The van der Waals surface area contributed by atoms with E-state index in [4.69, 9.17) is 5.26 Å². The van der Waals surface area contributed by atoms with Crippen molar-refractivity contribution >= 4 is 21.6 Å². The lowest BCUT2D eigenvalue weighted by Crippen LogP contribution is -2.06. The highest BCUT2D eigenvalue weighted by Gasteiger charge is 2.10. The van der Waals surface area contributed by atoms with Gasteiger partial charge in [0, 0.05) is 28.5 Å². The highest BCUT2D eigenvalue weighted by molar-refractivity contribution is 9.10. The van der Waals surface area contributed by atoms with Gasteiger partial charge >= 0.3 is 0 Å².